The van der Waals surface area contributed by atoms with Crippen LogP contribution in [0.4, 0.5) is 0 Å². The third-order valence-electron chi connectivity index (χ3n) is 2.51. The van der Waals surface area contributed by atoms with E-state index in [1.807, 2.05) is 0 Å². The van der Waals surface area contributed by atoms with Crippen molar-refractivity contribution in [3.8, 4) is 0 Å². The first kappa shape index (κ1) is 10.6. The third-order valence-corrected chi connectivity index (χ3v) is 2.51. The van der Waals surface area contributed by atoms with Gasteiger partial charge in [-0.1, -0.05) is 0 Å². The zero-order valence-electron chi connectivity index (χ0n) is 9.03. The molecule has 5 nitrogen and oxygen atoms in total. The third kappa shape index (κ3) is 3.28. The van der Waals surface area contributed by atoms with Gasteiger partial charge in [0.1, 0.15) is 0 Å². The van der Waals surface area contributed by atoms with Gasteiger partial charge in [-0.15, -0.1) is 10.2 Å². The van der Waals surface area contributed by atoms with E-state index in [0.29, 0.717) is 24.4 Å². The lowest BCUT2D eigenvalue weighted by molar-refractivity contribution is 0.104. The summed E-state index contributed by atoms with van der Waals surface area (Å²) in [6, 6.07) is 0. The Bertz CT molecular complexity index is 295. The molecule has 1 aromatic heterocycles. The first-order chi connectivity index (χ1) is 7.34. The number of ether oxygens (including phenoxy) is 1. The lowest BCUT2D eigenvalue weighted by Gasteiger charge is -2.08. The van der Waals surface area contributed by atoms with Gasteiger partial charge in [-0.3, -0.25) is 0 Å². The Morgan fingerprint density at radius 1 is 1.47 bits per heavy atom. The van der Waals surface area contributed by atoms with Crippen LogP contribution in [0.25, 0.3) is 0 Å². The summed E-state index contributed by atoms with van der Waals surface area (Å²) in [6.07, 6.45) is 3.91. The molecule has 1 saturated heterocycles. The maximum Gasteiger partial charge on any atom is 0.230 e. The molecule has 1 atom stereocenters. The van der Waals surface area contributed by atoms with Crippen molar-refractivity contribution in [3.63, 3.8) is 0 Å². The first-order valence-electron chi connectivity index (χ1n) is 5.46. The van der Waals surface area contributed by atoms with Crippen LogP contribution in [0, 0.1) is 6.92 Å². The van der Waals surface area contributed by atoms with Gasteiger partial charge in [-0.05, 0) is 25.8 Å². The van der Waals surface area contributed by atoms with Gasteiger partial charge < -0.3 is 14.5 Å². The van der Waals surface area contributed by atoms with E-state index >= 15 is 0 Å². The summed E-state index contributed by atoms with van der Waals surface area (Å²) >= 11 is 0. The number of hydrogen-bond donors (Lipinski definition) is 1. The molecule has 84 valence electrons. The molecule has 0 aliphatic carbocycles. The van der Waals surface area contributed by atoms with Gasteiger partial charge in [0.2, 0.25) is 11.8 Å². The largest absolute Gasteiger partial charge is 0.424 e. The molecule has 5 heteroatoms. The second-order valence-corrected chi connectivity index (χ2v) is 3.82. The molecule has 0 bridgehead atoms. The molecule has 15 heavy (non-hydrogen) atoms. The van der Waals surface area contributed by atoms with Crippen molar-refractivity contribution in [1.82, 2.24) is 15.5 Å². The number of nitrogens with one attached hydrogen (secondary N) is 1. The molecule has 0 aromatic carbocycles. The molecule has 0 saturated carbocycles. The molecule has 1 N–H and O–H groups in total. The summed E-state index contributed by atoms with van der Waals surface area (Å²) in [5, 5.41) is 10.9. The lowest BCUT2D eigenvalue weighted by atomic mass is 10.2. The smallest absolute Gasteiger partial charge is 0.230 e. The Labute approximate surface area is 89.2 Å². The summed E-state index contributed by atoms with van der Waals surface area (Å²) in [5.74, 6) is 1.27. The van der Waals surface area contributed by atoms with E-state index in [9.17, 15) is 0 Å². The maximum absolute atomic E-state index is 5.52. The standard InChI is InChI=1S/C10H17N3O2/c1-8-12-13-10(15-8)7-11-5-4-9-3-2-6-14-9/h9,11H,2-7H2,1H3. The van der Waals surface area contributed by atoms with Crippen LogP contribution in [0.2, 0.25) is 0 Å². The number of hydrogen-bond acceptors (Lipinski definition) is 5. The van der Waals surface area contributed by atoms with Crippen molar-refractivity contribution < 1.29 is 9.15 Å². The highest BCUT2D eigenvalue weighted by Crippen LogP contribution is 2.14. The van der Waals surface area contributed by atoms with Crippen molar-refractivity contribution in [2.24, 2.45) is 0 Å². The van der Waals surface area contributed by atoms with Gasteiger partial charge in [-0.2, -0.15) is 0 Å². The van der Waals surface area contributed by atoms with Gasteiger partial charge in [0, 0.05) is 13.5 Å². The van der Waals surface area contributed by atoms with Gasteiger partial charge in [-0.25, -0.2) is 0 Å². The zero-order valence-corrected chi connectivity index (χ0v) is 9.03. The highest BCUT2D eigenvalue weighted by molar-refractivity contribution is 4.78. The summed E-state index contributed by atoms with van der Waals surface area (Å²) in [4.78, 5) is 0. The Morgan fingerprint density at radius 3 is 3.07 bits per heavy atom. The fraction of sp³-hybridized carbons (Fsp3) is 0.800. The van der Waals surface area contributed by atoms with Crippen molar-refractivity contribution in [3.05, 3.63) is 11.8 Å². The number of aromatic nitrogens is 2. The van der Waals surface area contributed by atoms with Crippen molar-refractivity contribution >= 4 is 0 Å². The molecule has 2 rings (SSSR count). The van der Waals surface area contributed by atoms with Crippen molar-refractivity contribution in [1.29, 1.82) is 0 Å². The molecule has 0 radical (unpaired) electrons. The average Bonchev–Trinajstić information content (AvgIpc) is 2.84. The highest BCUT2D eigenvalue weighted by Gasteiger charge is 2.14. The minimum Gasteiger partial charge on any atom is -0.424 e. The molecular weight excluding hydrogens is 194 g/mol. The van der Waals surface area contributed by atoms with Crippen LogP contribution in [-0.2, 0) is 11.3 Å². The zero-order chi connectivity index (χ0) is 10.5. The average molecular weight is 211 g/mol. The molecular formula is C10H17N3O2. The quantitative estimate of drug-likeness (QED) is 0.737. The normalized spacial score (nSPS) is 21.0. The van der Waals surface area contributed by atoms with Gasteiger partial charge >= 0.3 is 0 Å². The molecule has 1 aliphatic heterocycles. The topological polar surface area (TPSA) is 60.2 Å². The molecule has 0 spiro atoms. The second-order valence-electron chi connectivity index (χ2n) is 3.82. The van der Waals surface area contributed by atoms with Gasteiger partial charge in [0.25, 0.3) is 0 Å². The SMILES string of the molecule is Cc1nnc(CNCCC2CCCO2)o1. The summed E-state index contributed by atoms with van der Waals surface area (Å²) in [6.45, 7) is 4.30. The fourth-order valence-corrected chi connectivity index (χ4v) is 1.74. The second kappa shape index (κ2) is 5.23. The molecule has 1 aromatic rings. The molecule has 2 heterocycles. The summed E-state index contributed by atoms with van der Waals surface area (Å²) in [5.41, 5.74) is 0. The monoisotopic (exact) mass is 211 g/mol. The molecule has 1 unspecified atom stereocenters. The van der Waals surface area contributed by atoms with Crippen LogP contribution in [-0.4, -0.2) is 29.5 Å². The fourth-order valence-electron chi connectivity index (χ4n) is 1.74. The van der Waals surface area contributed by atoms with Crippen LogP contribution in [0.15, 0.2) is 4.42 Å². The Hall–Kier alpha value is -0.940. The van der Waals surface area contributed by atoms with E-state index in [0.717, 1.165) is 19.6 Å². The van der Waals surface area contributed by atoms with E-state index in [2.05, 4.69) is 15.5 Å². The Kier molecular flexibility index (Phi) is 3.69. The van der Waals surface area contributed by atoms with Crippen LogP contribution in [0.5, 0.6) is 0 Å². The minimum absolute atomic E-state index is 0.446. The summed E-state index contributed by atoms with van der Waals surface area (Å²) in [7, 11) is 0. The van der Waals surface area contributed by atoms with Crippen LogP contribution >= 0.6 is 0 Å². The van der Waals surface area contributed by atoms with E-state index in [1.165, 1.54) is 12.8 Å². The van der Waals surface area contributed by atoms with Crippen LogP contribution in [0.1, 0.15) is 31.0 Å². The number of aryl methyl sites for hydroxylation is 1. The van der Waals surface area contributed by atoms with Crippen LogP contribution in [0.3, 0.4) is 0 Å². The van der Waals surface area contributed by atoms with Crippen molar-refractivity contribution in [2.75, 3.05) is 13.2 Å². The minimum atomic E-state index is 0.446. The van der Waals surface area contributed by atoms with Gasteiger partial charge in [0.05, 0.1) is 12.6 Å². The Morgan fingerprint density at radius 2 is 2.40 bits per heavy atom. The summed E-state index contributed by atoms with van der Waals surface area (Å²) < 4.78 is 10.8. The molecule has 1 aliphatic rings. The predicted molar refractivity (Wildman–Crippen MR) is 54.3 cm³/mol. The number of nitrogens with zero attached hydrogens (tertiary/aromatic N) is 2. The van der Waals surface area contributed by atoms with E-state index < -0.39 is 0 Å². The highest BCUT2D eigenvalue weighted by atomic mass is 16.5. The van der Waals surface area contributed by atoms with E-state index in [1.54, 1.807) is 6.92 Å². The predicted octanol–water partition coefficient (Wildman–Crippen LogP) is 1.04. The Balaban J connectivity index is 1.58. The lowest BCUT2D eigenvalue weighted by Crippen LogP contribution is -2.20. The van der Waals surface area contributed by atoms with E-state index in [-0.39, 0.29) is 0 Å². The van der Waals surface area contributed by atoms with Crippen molar-refractivity contribution in [2.45, 2.75) is 38.8 Å². The molecule has 1 fully saturated rings. The van der Waals surface area contributed by atoms with Gasteiger partial charge in [0.15, 0.2) is 0 Å². The van der Waals surface area contributed by atoms with Crippen LogP contribution < -0.4 is 5.32 Å². The maximum atomic E-state index is 5.52. The first-order valence-corrected chi connectivity index (χ1v) is 5.46. The van der Waals surface area contributed by atoms with E-state index in [4.69, 9.17) is 9.15 Å². The molecule has 0 amide bonds. The number of rotatable bonds is 5.